The minimum absolute atomic E-state index is 0.291. The van der Waals surface area contributed by atoms with Crippen LogP contribution in [0.3, 0.4) is 0 Å². The van der Waals surface area contributed by atoms with Crippen LogP contribution in [0, 0.1) is 11.3 Å². The summed E-state index contributed by atoms with van der Waals surface area (Å²) in [6.45, 7) is 7.38. The van der Waals surface area contributed by atoms with Crippen LogP contribution in [0.1, 0.15) is 45.2 Å². The van der Waals surface area contributed by atoms with Gasteiger partial charge in [-0.1, -0.05) is 13.3 Å². The predicted molar refractivity (Wildman–Crippen MR) is 135 cm³/mol. The molecule has 0 saturated carbocycles. The lowest BCUT2D eigenvalue weighted by molar-refractivity contribution is 0.158. The van der Waals surface area contributed by atoms with Crippen LogP contribution in [0.2, 0.25) is 0 Å². The van der Waals surface area contributed by atoms with Crippen LogP contribution < -0.4 is 15.6 Å². The third-order valence-electron chi connectivity index (χ3n) is 5.58. The quantitative estimate of drug-likeness (QED) is 0.225. The number of H-pyrrole nitrogens is 1. The smallest absolute Gasteiger partial charge is 0.275 e. The SMILES string of the molecule is CCCC(=N)c1nc(-c2cc(SN3CC(CCCOC)C3)ccc2OCC)[nH]c(=O)c1NC. The van der Waals surface area contributed by atoms with Gasteiger partial charge in [-0.3, -0.25) is 4.79 Å². The highest BCUT2D eigenvalue weighted by atomic mass is 32.2. The molecule has 8 nitrogen and oxygen atoms in total. The van der Waals surface area contributed by atoms with Crippen molar-refractivity contribution in [1.82, 2.24) is 14.3 Å². The first kappa shape index (κ1) is 25.3. The van der Waals surface area contributed by atoms with Crippen LogP contribution in [0.15, 0.2) is 27.9 Å². The molecule has 0 unspecified atom stereocenters. The van der Waals surface area contributed by atoms with Gasteiger partial charge in [0.2, 0.25) is 0 Å². The highest BCUT2D eigenvalue weighted by molar-refractivity contribution is 7.97. The molecule has 3 rings (SSSR count). The van der Waals surface area contributed by atoms with Gasteiger partial charge in [0.25, 0.3) is 5.56 Å². The molecule has 33 heavy (non-hydrogen) atoms. The van der Waals surface area contributed by atoms with Crippen molar-refractivity contribution in [2.75, 3.05) is 45.8 Å². The first-order valence-corrected chi connectivity index (χ1v) is 12.4. The second-order valence-electron chi connectivity index (χ2n) is 8.15. The molecule has 1 fully saturated rings. The fourth-order valence-electron chi connectivity index (χ4n) is 3.90. The van der Waals surface area contributed by atoms with Crippen LogP contribution in [-0.2, 0) is 4.74 Å². The van der Waals surface area contributed by atoms with E-state index in [1.807, 2.05) is 32.0 Å². The Morgan fingerprint density at radius 2 is 2.15 bits per heavy atom. The van der Waals surface area contributed by atoms with E-state index >= 15 is 0 Å². The van der Waals surface area contributed by atoms with E-state index in [2.05, 4.69) is 19.6 Å². The summed E-state index contributed by atoms with van der Waals surface area (Å²) in [6, 6.07) is 5.98. The molecular formula is C24H35N5O3S. The van der Waals surface area contributed by atoms with Gasteiger partial charge >= 0.3 is 0 Å². The lowest BCUT2D eigenvalue weighted by Crippen LogP contribution is -2.41. The number of nitrogens with zero attached hydrogens (tertiary/aromatic N) is 2. The molecular weight excluding hydrogens is 438 g/mol. The van der Waals surface area contributed by atoms with Gasteiger partial charge in [-0.25, -0.2) is 9.29 Å². The molecule has 2 heterocycles. The van der Waals surface area contributed by atoms with Crippen molar-refractivity contribution in [2.45, 2.75) is 44.4 Å². The topological polar surface area (TPSA) is 103 Å². The lowest BCUT2D eigenvalue weighted by Gasteiger charge is -2.38. The zero-order valence-corrected chi connectivity index (χ0v) is 20.8. The van der Waals surface area contributed by atoms with Crippen molar-refractivity contribution < 1.29 is 9.47 Å². The largest absolute Gasteiger partial charge is 0.493 e. The normalized spacial score (nSPS) is 14.2. The highest BCUT2D eigenvalue weighted by Crippen LogP contribution is 2.37. The van der Waals surface area contributed by atoms with Gasteiger partial charge in [-0.05, 0) is 62.3 Å². The first-order chi connectivity index (χ1) is 16.0. The molecule has 0 aliphatic carbocycles. The number of aromatic amines is 1. The van der Waals surface area contributed by atoms with E-state index in [0.29, 0.717) is 47.6 Å². The van der Waals surface area contributed by atoms with E-state index in [4.69, 9.17) is 14.9 Å². The Morgan fingerprint density at radius 3 is 2.82 bits per heavy atom. The maximum absolute atomic E-state index is 12.8. The van der Waals surface area contributed by atoms with Gasteiger partial charge in [-0.2, -0.15) is 0 Å². The Kier molecular flexibility index (Phi) is 9.34. The molecule has 9 heteroatoms. The van der Waals surface area contributed by atoms with E-state index in [0.717, 1.165) is 43.0 Å². The van der Waals surface area contributed by atoms with Crippen molar-refractivity contribution in [3.8, 4) is 17.1 Å². The lowest BCUT2D eigenvalue weighted by atomic mass is 9.98. The molecule has 2 aromatic rings. The Morgan fingerprint density at radius 1 is 1.36 bits per heavy atom. The minimum Gasteiger partial charge on any atom is -0.493 e. The Balaban J connectivity index is 1.86. The van der Waals surface area contributed by atoms with Crippen molar-refractivity contribution in [1.29, 1.82) is 5.41 Å². The van der Waals surface area contributed by atoms with Gasteiger partial charge in [0.05, 0.1) is 17.9 Å². The maximum Gasteiger partial charge on any atom is 0.275 e. The number of methoxy groups -OCH3 is 1. The molecule has 0 spiro atoms. The number of rotatable bonds is 13. The summed E-state index contributed by atoms with van der Waals surface area (Å²) in [7, 11) is 3.42. The fourth-order valence-corrected chi connectivity index (χ4v) is 5.07. The number of hydrogen-bond donors (Lipinski definition) is 3. The molecule has 3 N–H and O–H groups in total. The summed E-state index contributed by atoms with van der Waals surface area (Å²) < 4.78 is 13.3. The van der Waals surface area contributed by atoms with Crippen molar-refractivity contribution >= 4 is 23.3 Å². The van der Waals surface area contributed by atoms with E-state index in [1.165, 1.54) is 6.42 Å². The summed E-state index contributed by atoms with van der Waals surface area (Å²) in [5, 5.41) is 11.3. The monoisotopic (exact) mass is 473 g/mol. The average Bonchev–Trinajstić information content (AvgIpc) is 2.78. The Labute approximate surface area is 200 Å². The summed E-state index contributed by atoms with van der Waals surface area (Å²) >= 11 is 1.71. The number of anilines is 1. The third-order valence-corrected chi connectivity index (χ3v) is 6.60. The van der Waals surface area contributed by atoms with Gasteiger partial charge in [0.1, 0.15) is 23.0 Å². The van der Waals surface area contributed by atoms with Crippen molar-refractivity contribution in [3.63, 3.8) is 0 Å². The molecule has 0 radical (unpaired) electrons. The van der Waals surface area contributed by atoms with E-state index in [1.54, 1.807) is 26.1 Å². The Bertz CT molecular complexity index is 1000. The van der Waals surface area contributed by atoms with Gasteiger partial charge < -0.3 is 25.2 Å². The molecule has 1 aliphatic heterocycles. The summed E-state index contributed by atoms with van der Waals surface area (Å²) in [6.07, 6.45) is 3.66. The van der Waals surface area contributed by atoms with Crippen LogP contribution in [-0.4, -0.2) is 60.4 Å². The fraction of sp³-hybridized carbons (Fsp3) is 0.542. The minimum atomic E-state index is -0.291. The van der Waals surface area contributed by atoms with Crippen LogP contribution in [0.4, 0.5) is 5.69 Å². The van der Waals surface area contributed by atoms with E-state index < -0.39 is 0 Å². The number of benzene rings is 1. The number of aromatic nitrogens is 2. The van der Waals surface area contributed by atoms with Crippen molar-refractivity contribution in [3.05, 3.63) is 34.2 Å². The van der Waals surface area contributed by atoms with Gasteiger partial charge in [-0.15, -0.1) is 0 Å². The maximum atomic E-state index is 12.8. The predicted octanol–water partition coefficient (Wildman–Crippen LogP) is 4.41. The van der Waals surface area contributed by atoms with E-state index in [-0.39, 0.29) is 5.56 Å². The number of ether oxygens (including phenoxy) is 2. The van der Waals surface area contributed by atoms with Crippen LogP contribution >= 0.6 is 11.9 Å². The second kappa shape index (κ2) is 12.2. The molecule has 1 aliphatic rings. The van der Waals surface area contributed by atoms with Crippen LogP contribution in [0.5, 0.6) is 5.75 Å². The number of nitrogens with one attached hydrogen (secondary N) is 3. The molecule has 0 amide bonds. The summed E-state index contributed by atoms with van der Waals surface area (Å²) in [4.78, 5) is 21.4. The molecule has 1 aromatic carbocycles. The molecule has 0 bridgehead atoms. The van der Waals surface area contributed by atoms with Gasteiger partial charge in [0, 0.05) is 38.7 Å². The van der Waals surface area contributed by atoms with Gasteiger partial charge in [0.15, 0.2) is 0 Å². The third kappa shape index (κ3) is 6.37. The zero-order chi connectivity index (χ0) is 23.8. The highest BCUT2D eigenvalue weighted by Gasteiger charge is 2.27. The molecule has 0 atom stereocenters. The van der Waals surface area contributed by atoms with Crippen LogP contribution in [0.25, 0.3) is 11.4 Å². The molecule has 1 aromatic heterocycles. The second-order valence-corrected chi connectivity index (χ2v) is 9.32. The molecule has 180 valence electrons. The average molecular weight is 474 g/mol. The number of hydrogen-bond acceptors (Lipinski definition) is 8. The zero-order valence-electron chi connectivity index (χ0n) is 20.0. The summed E-state index contributed by atoms with van der Waals surface area (Å²) in [5.74, 6) is 1.80. The first-order valence-electron chi connectivity index (χ1n) is 11.6. The van der Waals surface area contributed by atoms with E-state index in [9.17, 15) is 4.79 Å². The van der Waals surface area contributed by atoms with Crippen molar-refractivity contribution in [2.24, 2.45) is 5.92 Å². The standard InChI is InChI=1S/C24H35N5O3S/c1-5-8-19(25)21-22(26-3)24(30)28-23(27-21)18-13-17(10-11-20(18)32-6-2)33-29-14-16(15-29)9-7-12-31-4/h10-11,13,16,25-26H,5-9,12,14-15H2,1-4H3,(H,27,28,30). The summed E-state index contributed by atoms with van der Waals surface area (Å²) in [5.41, 5.74) is 1.49. The molecule has 1 saturated heterocycles. The Hall–Kier alpha value is -2.36.